The zero-order chi connectivity index (χ0) is 2.71. The van der Waals surface area contributed by atoms with Gasteiger partial charge in [-0.2, -0.15) is 0 Å². The molecule has 0 atom stereocenters. The molecule has 22 valence electrons. The molecule has 0 nitrogen and oxygen atoms in total. The zero-order valence-electron chi connectivity index (χ0n) is 2.71. The molecule has 0 heterocycles. The maximum atomic E-state index is 2.12. The van der Waals surface area contributed by atoms with E-state index in [0.717, 1.165) is 0 Å². The quantitative estimate of drug-likeness (QED) is 0.368. The second-order valence-electron chi connectivity index (χ2n) is 0.707. The molecule has 1 heteroatoms. The number of rotatable bonds is 0. The second-order valence-corrected chi connectivity index (χ2v) is 0.707. The Morgan fingerprint density at radius 1 is 1.25 bits per heavy atom. The van der Waals surface area contributed by atoms with Crippen molar-refractivity contribution in [2.45, 2.75) is 20.3 Å². The molecule has 0 N–H and O–H groups in total. The Hall–Kier alpha value is 1.00. The molecule has 0 aromatic carbocycles. The van der Waals surface area contributed by atoms with Crippen LogP contribution in [0.25, 0.3) is 0 Å². The van der Waals surface area contributed by atoms with Crippen molar-refractivity contribution in [1.29, 1.82) is 0 Å². The Balaban J connectivity index is 0. The van der Waals surface area contributed by atoms with Gasteiger partial charge in [0.1, 0.15) is 0 Å². The first kappa shape index (κ1) is 8.89. The van der Waals surface area contributed by atoms with Crippen molar-refractivity contribution in [1.82, 2.24) is 0 Å². The molecular weight excluding hydrogens is 59.0 g/mol. The molecule has 0 aliphatic rings. The van der Waals surface area contributed by atoms with Gasteiger partial charge < -0.3 is 0 Å². The average Bonchev–Trinajstić information content (AvgIpc) is 0.918. The van der Waals surface area contributed by atoms with E-state index in [2.05, 4.69) is 13.8 Å². The van der Waals surface area contributed by atoms with Crippen molar-refractivity contribution in [2.24, 2.45) is 0 Å². The van der Waals surface area contributed by atoms with E-state index in [1.807, 2.05) is 0 Å². The fraction of sp³-hybridized carbons (Fsp3) is 1.00. The monoisotopic (exact) mass is 68.1 g/mol. The number of hydrogen-bond acceptors (Lipinski definition) is 0. The summed E-state index contributed by atoms with van der Waals surface area (Å²) in [7, 11) is 0. The standard InChI is InChI=1S/C3H8.Na.H/c1-3-2;;/h3H2,1-2H3;;. The van der Waals surface area contributed by atoms with Crippen LogP contribution in [0.5, 0.6) is 0 Å². The van der Waals surface area contributed by atoms with Crippen LogP contribution < -0.4 is 0 Å². The first-order valence-corrected chi connectivity index (χ1v) is 1.41. The molecule has 0 unspecified atom stereocenters. The van der Waals surface area contributed by atoms with E-state index < -0.39 is 0 Å². The topological polar surface area (TPSA) is 0 Å². The summed E-state index contributed by atoms with van der Waals surface area (Å²) in [4.78, 5) is 0. The molecule has 4 heavy (non-hydrogen) atoms. The molecule has 0 aliphatic carbocycles. The van der Waals surface area contributed by atoms with E-state index in [-0.39, 0.29) is 29.6 Å². The van der Waals surface area contributed by atoms with Crippen molar-refractivity contribution in [2.75, 3.05) is 0 Å². The van der Waals surface area contributed by atoms with Crippen LogP contribution in [0, 0.1) is 0 Å². The van der Waals surface area contributed by atoms with E-state index >= 15 is 0 Å². The zero-order valence-corrected chi connectivity index (χ0v) is 2.71. The van der Waals surface area contributed by atoms with Gasteiger partial charge in [0.25, 0.3) is 0 Å². The average molecular weight is 68.1 g/mol. The van der Waals surface area contributed by atoms with Crippen molar-refractivity contribution >= 4 is 29.6 Å². The minimum absolute atomic E-state index is 0. The third-order valence-electron chi connectivity index (χ3n) is 0. The Kier molecular flexibility index (Phi) is 20.0. The van der Waals surface area contributed by atoms with Gasteiger partial charge in [0.2, 0.25) is 0 Å². The summed E-state index contributed by atoms with van der Waals surface area (Å²) in [5, 5.41) is 0. The van der Waals surface area contributed by atoms with Crippen molar-refractivity contribution in [3.63, 3.8) is 0 Å². The summed E-state index contributed by atoms with van der Waals surface area (Å²) in [5.74, 6) is 0. The molecule has 0 aromatic heterocycles. The Morgan fingerprint density at radius 2 is 1.25 bits per heavy atom. The van der Waals surface area contributed by atoms with Gasteiger partial charge in [-0.15, -0.1) is 0 Å². The molecule has 0 fully saturated rings. The fourth-order valence-corrected chi connectivity index (χ4v) is 0. The van der Waals surface area contributed by atoms with Gasteiger partial charge in [-0.1, -0.05) is 20.3 Å². The summed E-state index contributed by atoms with van der Waals surface area (Å²) in [6.45, 7) is 4.25. The van der Waals surface area contributed by atoms with Crippen LogP contribution in [-0.4, -0.2) is 29.6 Å². The first-order chi connectivity index (χ1) is 1.41. The van der Waals surface area contributed by atoms with Crippen LogP contribution in [0.4, 0.5) is 0 Å². The van der Waals surface area contributed by atoms with E-state index in [0.29, 0.717) is 0 Å². The van der Waals surface area contributed by atoms with Gasteiger partial charge in [0.15, 0.2) is 0 Å². The molecule has 0 aliphatic heterocycles. The maximum absolute atomic E-state index is 2.12. The molecule has 0 saturated carbocycles. The van der Waals surface area contributed by atoms with Crippen molar-refractivity contribution < 1.29 is 0 Å². The molecule has 0 aromatic rings. The van der Waals surface area contributed by atoms with Gasteiger partial charge >= 0.3 is 29.6 Å². The third kappa shape index (κ3) is 12.0. The van der Waals surface area contributed by atoms with Crippen LogP contribution in [0.15, 0.2) is 0 Å². The predicted molar refractivity (Wildman–Crippen MR) is 23.1 cm³/mol. The molecule has 0 spiro atoms. The molecule has 0 radical (unpaired) electrons. The minimum atomic E-state index is 0. The van der Waals surface area contributed by atoms with E-state index in [1.165, 1.54) is 6.42 Å². The van der Waals surface area contributed by atoms with Crippen molar-refractivity contribution in [3.05, 3.63) is 0 Å². The van der Waals surface area contributed by atoms with E-state index in [9.17, 15) is 0 Å². The molecule has 0 rings (SSSR count). The Labute approximate surface area is 49.9 Å². The normalized spacial score (nSPS) is 4.50. The van der Waals surface area contributed by atoms with Gasteiger partial charge in [0.05, 0.1) is 0 Å². The summed E-state index contributed by atoms with van der Waals surface area (Å²) in [6, 6.07) is 0. The van der Waals surface area contributed by atoms with Crippen LogP contribution in [-0.2, 0) is 0 Å². The molecule has 0 saturated heterocycles. The second kappa shape index (κ2) is 9.00. The van der Waals surface area contributed by atoms with Crippen LogP contribution in [0.3, 0.4) is 0 Å². The Morgan fingerprint density at radius 3 is 1.25 bits per heavy atom. The van der Waals surface area contributed by atoms with Crippen LogP contribution in [0.1, 0.15) is 20.3 Å². The summed E-state index contributed by atoms with van der Waals surface area (Å²) >= 11 is 0. The SMILES string of the molecule is CCC.[NaH]. The summed E-state index contributed by atoms with van der Waals surface area (Å²) < 4.78 is 0. The molecule has 0 amide bonds. The van der Waals surface area contributed by atoms with Gasteiger partial charge in [-0.25, -0.2) is 0 Å². The summed E-state index contributed by atoms with van der Waals surface area (Å²) in [5.41, 5.74) is 0. The van der Waals surface area contributed by atoms with E-state index in [1.54, 1.807) is 0 Å². The van der Waals surface area contributed by atoms with Crippen LogP contribution in [0.2, 0.25) is 0 Å². The fourth-order valence-electron chi connectivity index (χ4n) is 0. The van der Waals surface area contributed by atoms with Gasteiger partial charge in [-0.3, -0.25) is 0 Å². The number of hydrogen-bond donors (Lipinski definition) is 0. The predicted octanol–water partition coefficient (Wildman–Crippen LogP) is 0.768. The third-order valence-corrected chi connectivity index (χ3v) is 0. The van der Waals surface area contributed by atoms with Gasteiger partial charge in [0, 0.05) is 0 Å². The first-order valence-electron chi connectivity index (χ1n) is 1.41. The van der Waals surface area contributed by atoms with E-state index in [4.69, 9.17) is 0 Å². The molecular formula is C3H9Na. The van der Waals surface area contributed by atoms with Gasteiger partial charge in [-0.05, 0) is 0 Å². The Bertz CT molecular complexity index is 3.25. The molecule has 0 bridgehead atoms. The summed E-state index contributed by atoms with van der Waals surface area (Å²) in [6.07, 6.45) is 1.25. The van der Waals surface area contributed by atoms with Crippen LogP contribution >= 0.6 is 0 Å². The van der Waals surface area contributed by atoms with Crippen molar-refractivity contribution in [3.8, 4) is 0 Å².